The van der Waals surface area contributed by atoms with Crippen molar-refractivity contribution in [2.24, 2.45) is 0 Å². The van der Waals surface area contributed by atoms with Gasteiger partial charge in [-0.3, -0.25) is 4.79 Å². The van der Waals surface area contributed by atoms with Gasteiger partial charge >= 0.3 is 0 Å². The molecule has 0 bridgehead atoms. The SMILES string of the molecule is O=C(NCCCl)c1cccc2c1OCCO2. The molecule has 0 saturated heterocycles. The van der Waals surface area contributed by atoms with Crippen LogP contribution in [0.2, 0.25) is 0 Å². The Morgan fingerprint density at radius 2 is 2.19 bits per heavy atom. The van der Waals surface area contributed by atoms with Gasteiger partial charge in [-0.05, 0) is 12.1 Å². The molecule has 0 spiro atoms. The predicted molar refractivity (Wildman–Crippen MR) is 60.5 cm³/mol. The number of ether oxygens (including phenoxy) is 2. The van der Waals surface area contributed by atoms with E-state index in [0.717, 1.165) is 0 Å². The lowest BCUT2D eigenvalue weighted by Gasteiger charge is -2.20. The topological polar surface area (TPSA) is 47.6 Å². The van der Waals surface area contributed by atoms with E-state index in [0.29, 0.717) is 42.7 Å². The van der Waals surface area contributed by atoms with E-state index in [-0.39, 0.29) is 5.91 Å². The second-order valence-corrected chi connectivity index (χ2v) is 3.65. The summed E-state index contributed by atoms with van der Waals surface area (Å²) in [4.78, 5) is 11.8. The summed E-state index contributed by atoms with van der Waals surface area (Å²) in [5.74, 6) is 1.33. The third-order valence-corrected chi connectivity index (χ3v) is 2.38. The molecule has 86 valence electrons. The summed E-state index contributed by atoms with van der Waals surface area (Å²) >= 11 is 5.51. The molecule has 5 heteroatoms. The van der Waals surface area contributed by atoms with Gasteiger partial charge in [0.05, 0.1) is 5.56 Å². The second kappa shape index (κ2) is 5.07. The van der Waals surface area contributed by atoms with Crippen LogP contribution in [0.15, 0.2) is 18.2 Å². The number of alkyl halides is 1. The van der Waals surface area contributed by atoms with Gasteiger partial charge in [-0.15, -0.1) is 11.6 Å². The largest absolute Gasteiger partial charge is 0.486 e. The van der Waals surface area contributed by atoms with Crippen LogP contribution in [-0.4, -0.2) is 31.5 Å². The average molecular weight is 242 g/mol. The summed E-state index contributed by atoms with van der Waals surface area (Å²) in [6, 6.07) is 5.26. The number of para-hydroxylation sites is 1. The zero-order valence-electron chi connectivity index (χ0n) is 8.66. The minimum absolute atomic E-state index is 0.192. The van der Waals surface area contributed by atoms with Crippen LogP contribution in [0.5, 0.6) is 11.5 Å². The highest BCUT2D eigenvalue weighted by atomic mass is 35.5. The number of rotatable bonds is 3. The molecule has 1 heterocycles. The number of carbonyl (C=O) groups excluding carboxylic acids is 1. The van der Waals surface area contributed by atoms with Crippen LogP contribution >= 0.6 is 11.6 Å². The Balaban J connectivity index is 2.23. The molecule has 0 saturated carbocycles. The number of halogens is 1. The number of nitrogens with one attached hydrogen (secondary N) is 1. The third-order valence-electron chi connectivity index (χ3n) is 2.19. The van der Waals surface area contributed by atoms with Crippen molar-refractivity contribution in [3.63, 3.8) is 0 Å². The lowest BCUT2D eigenvalue weighted by atomic mass is 10.1. The summed E-state index contributed by atoms with van der Waals surface area (Å²) in [6.07, 6.45) is 0. The van der Waals surface area contributed by atoms with Gasteiger partial charge in [0.2, 0.25) is 0 Å². The number of benzene rings is 1. The Labute approximate surface area is 98.5 Å². The van der Waals surface area contributed by atoms with Gasteiger partial charge < -0.3 is 14.8 Å². The van der Waals surface area contributed by atoms with Crippen molar-refractivity contribution in [3.8, 4) is 11.5 Å². The Morgan fingerprint density at radius 3 is 3.00 bits per heavy atom. The molecular formula is C11H12ClNO3. The van der Waals surface area contributed by atoms with Crippen molar-refractivity contribution in [1.82, 2.24) is 5.32 Å². The quantitative estimate of drug-likeness (QED) is 0.815. The molecule has 2 rings (SSSR count). The summed E-state index contributed by atoms with van der Waals surface area (Å²) in [5, 5.41) is 2.69. The minimum atomic E-state index is -0.192. The van der Waals surface area contributed by atoms with Crippen molar-refractivity contribution in [2.75, 3.05) is 25.6 Å². The zero-order valence-corrected chi connectivity index (χ0v) is 9.42. The lowest BCUT2D eigenvalue weighted by molar-refractivity contribution is 0.0945. The Hall–Kier alpha value is -1.42. The maximum atomic E-state index is 11.8. The standard InChI is InChI=1S/C11H12ClNO3/c12-4-5-13-11(14)8-2-1-3-9-10(8)16-7-6-15-9/h1-3H,4-7H2,(H,13,14). The molecule has 1 aliphatic heterocycles. The molecule has 1 aromatic carbocycles. The molecular weight excluding hydrogens is 230 g/mol. The first-order chi connectivity index (χ1) is 7.83. The molecule has 1 N–H and O–H groups in total. The number of amides is 1. The summed E-state index contributed by atoms with van der Waals surface area (Å²) in [5.41, 5.74) is 0.488. The third kappa shape index (κ3) is 2.22. The van der Waals surface area contributed by atoms with Crippen LogP contribution in [0.1, 0.15) is 10.4 Å². The fourth-order valence-electron chi connectivity index (χ4n) is 1.51. The van der Waals surface area contributed by atoms with E-state index in [4.69, 9.17) is 21.1 Å². The monoisotopic (exact) mass is 241 g/mol. The van der Waals surface area contributed by atoms with Crippen molar-refractivity contribution in [2.45, 2.75) is 0 Å². The van der Waals surface area contributed by atoms with E-state index in [2.05, 4.69) is 5.32 Å². The highest BCUT2D eigenvalue weighted by molar-refractivity contribution is 6.18. The highest BCUT2D eigenvalue weighted by Crippen LogP contribution is 2.33. The summed E-state index contributed by atoms with van der Waals surface area (Å²) in [6.45, 7) is 1.41. The van der Waals surface area contributed by atoms with Crippen LogP contribution < -0.4 is 14.8 Å². The summed E-state index contributed by atoms with van der Waals surface area (Å²) < 4.78 is 10.8. The predicted octanol–water partition coefficient (Wildman–Crippen LogP) is 1.43. The second-order valence-electron chi connectivity index (χ2n) is 3.27. The van der Waals surface area contributed by atoms with Gasteiger partial charge in [0.1, 0.15) is 13.2 Å². The molecule has 1 aromatic rings. The Bertz CT molecular complexity index is 395. The van der Waals surface area contributed by atoms with Crippen LogP contribution in [0, 0.1) is 0 Å². The van der Waals surface area contributed by atoms with Crippen LogP contribution in [0.25, 0.3) is 0 Å². The molecule has 1 aliphatic rings. The van der Waals surface area contributed by atoms with Gasteiger partial charge in [0.25, 0.3) is 5.91 Å². The molecule has 0 atom stereocenters. The molecule has 0 fully saturated rings. The van der Waals surface area contributed by atoms with E-state index in [1.165, 1.54) is 0 Å². The van der Waals surface area contributed by atoms with Crippen molar-refractivity contribution in [1.29, 1.82) is 0 Å². The van der Waals surface area contributed by atoms with Crippen molar-refractivity contribution < 1.29 is 14.3 Å². The van der Waals surface area contributed by atoms with E-state index in [1.807, 2.05) is 0 Å². The molecule has 0 radical (unpaired) electrons. The zero-order chi connectivity index (χ0) is 11.4. The first-order valence-electron chi connectivity index (χ1n) is 5.05. The Kier molecular flexibility index (Phi) is 3.51. The van der Waals surface area contributed by atoms with E-state index in [9.17, 15) is 4.79 Å². The van der Waals surface area contributed by atoms with E-state index < -0.39 is 0 Å². The normalized spacial score (nSPS) is 13.3. The molecule has 4 nitrogen and oxygen atoms in total. The first kappa shape index (κ1) is 11.1. The van der Waals surface area contributed by atoms with Crippen LogP contribution in [-0.2, 0) is 0 Å². The summed E-state index contributed by atoms with van der Waals surface area (Å²) in [7, 11) is 0. The fourth-order valence-corrected chi connectivity index (χ4v) is 1.60. The molecule has 0 unspecified atom stereocenters. The lowest BCUT2D eigenvalue weighted by Crippen LogP contribution is -2.27. The molecule has 1 amide bonds. The fraction of sp³-hybridized carbons (Fsp3) is 0.364. The van der Waals surface area contributed by atoms with Crippen molar-refractivity contribution >= 4 is 17.5 Å². The first-order valence-corrected chi connectivity index (χ1v) is 5.59. The number of hydrogen-bond acceptors (Lipinski definition) is 3. The molecule has 0 aromatic heterocycles. The maximum absolute atomic E-state index is 11.8. The molecule has 0 aliphatic carbocycles. The number of carbonyl (C=O) groups is 1. The van der Waals surface area contributed by atoms with Gasteiger partial charge in [-0.2, -0.15) is 0 Å². The maximum Gasteiger partial charge on any atom is 0.255 e. The van der Waals surface area contributed by atoms with E-state index >= 15 is 0 Å². The smallest absolute Gasteiger partial charge is 0.255 e. The van der Waals surface area contributed by atoms with Gasteiger partial charge in [-0.25, -0.2) is 0 Å². The highest BCUT2D eigenvalue weighted by Gasteiger charge is 2.19. The van der Waals surface area contributed by atoms with E-state index in [1.54, 1.807) is 18.2 Å². The van der Waals surface area contributed by atoms with Crippen molar-refractivity contribution in [3.05, 3.63) is 23.8 Å². The average Bonchev–Trinajstić information content (AvgIpc) is 2.35. The number of hydrogen-bond donors (Lipinski definition) is 1. The van der Waals surface area contributed by atoms with Gasteiger partial charge in [0, 0.05) is 12.4 Å². The van der Waals surface area contributed by atoms with Crippen LogP contribution in [0.4, 0.5) is 0 Å². The van der Waals surface area contributed by atoms with Gasteiger partial charge in [0.15, 0.2) is 11.5 Å². The minimum Gasteiger partial charge on any atom is -0.486 e. The van der Waals surface area contributed by atoms with Gasteiger partial charge in [-0.1, -0.05) is 6.07 Å². The number of fused-ring (bicyclic) bond motifs is 1. The Morgan fingerprint density at radius 1 is 1.38 bits per heavy atom. The van der Waals surface area contributed by atoms with Crippen LogP contribution in [0.3, 0.4) is 0 Å². The molecule has 16 heavy (non-hydrogen) atoms.